The van der Waals surface area contributed by atoms with Crippen LogP contribution in [-0.2, 0) is 14.4 Å². The van der Waals surface area contributed by atoms with Crippen molar-refractivity contribution in [2.45, 2.75) is 87.3 Å². The summed E-state index contributed by atoms with van der Waals surface area (Å²) in [5.74, 6) is -1.22. The zero-order chi connectivity index (χ0) is 40.2. The molecule has 4 aliphatic rings. The Morgan fingerprint density at radius 1 is 0.828 bits per heavy atom. The van der Waals surface area contributed by atoms with Crippen molar-refractivity contribution in [1.29, 1.82) is 0 Å². The Kier molecular flexibility index (Phi) is 12.5. The summed E-state index contributed by atoms with van der Waals surface area (Å²) >= 11 is 8.22. The molecule has 10 heteroatoms. The van der Waals surface area contributed by atoms with Crippen molar-refractivity contribution in [3.63, 3.8) is 0 Å². The molecule has 0 radical (unpaired) electrons. The summed E-state index contributed by atoms with van der Waals surface area (Å²) in [5.41, 5.74) is 9.20. The highest BCUT2D eigenvalue weighted by Crippen LogP contribution is 2.53. The van der Waals surface area contributed by atoms with E-state index >= 15 is 0 Å². The fraction of sp³-hybridized carbons (Fsp3) is 0.333. The number of hydrogen-bond acceptors (Lipinski definition) is 7. The number of carboxylic acid groups (broad SMARTS) is 1. The third kappa shape index (κ3) is 8.42. The zero-order valence-electron chi connectivity index (χ0n) is 32.8. The van der Waals surface area contributed by atoms with Gasteiger partial charge in [0.15, 0.2) is 0 Å². The van der Waals surface area contributed by atoms with Crippen LogP contribution in [0.3, 0.4) is 0 Å². The van der Waals surface area contributed by atoms with E-state index in [-0.39, 0.29) is 11.8 Å². The Bertz CT molecular complexity index is 2180. The van der Waals surface area contributed by atoms with Gasteiger partial charge >= 0.3 is 5.97 Å². The van der Waals surface area contributed by atoms with E-state index in [1.807, 2.05) is 18.2 Å². The quantitative estimate of drug-likeness (QED) is 0.0549. The Morgan fingerprint density at radius 3 is 2.19 bits per heavy atom. The predicted molar refractivity (Wildman–Crippen MR) is 243 cm³/mol. The first-order valence-corrected chi connectivity index (χ1v) is 22.8. The highest BCUT2D eigenvalue weighted by Gasteiger charge is 2.50. The van der Waals surface area contributed by atoms with E-state index < -0.39 is 23.1 Å². The Morgan fingerprint density at radius 2 is 1.50 bits per heavy atom. The minimum absolute atomic E-state index is 0.132. The molecular weight excluding hydrogens is 779 g/mol. The van der Waals surface area contributed by atoms with Crippen LogP contribution in [0.4, 0.5) is 11.4 Å². The molecule has 8 rings (SSSR count). The van der Waals surface area contributed by atoms with Gasteiger partial charge in [-0.05, 0) is 89.1 Å². The van der Waals surface area contributed by atoms with Crippen LogP contribution in [0.2, 0.25) is 0 Å². The maximum Gasteiger partial charge on any atom is 0.323 e. The Labute approximate surface area is 355 Å². The number of carbonyl (C=O) groups is 3. The average molecular weight is 828 g/mol. The van der Waals surface area contributed by atoms with Crippen LogP contribution in [0.1, 0.15) is 98.4 Å². The molecule has 1 saturated carbocycles. The molecule has 0 bridgehead atoms. The van der Waals surface area contributed by atoms with Crippen molar-refractivity contribution in [2.24, 2.45) is 0 Å². The molecule has 3 fully saturated rings. The minimum atomic E-state index is -1.11. The normalized spacial score (nSPS) is 21.9. The standard InChI is InChI=1S/C48H49N3O4S3/c1-2-3-4-5-6-13-27-49-46(55)44(58-48(49)56)47-50(31-43(52)53)45(54)42(57-47)30-33-23-26-41-39(29-33)37-19-14-20-40(37)51(41)36-24-21-32(22-25-36)28-38(34-15-9-7-10-16-34)35-17-11-8-12-18-35/h7-12,15-18,21-26,28-30,37,40,44,47H,2-6,13-14,19-20,27,31H2,1H3,(H,52,53)/b42-30-. The summed E-state index contributed by atoms with van der Waals surface area (Å²) in [4.78, 5) is 45.6. The van der Waals surface area contributed by atoms with Gasteiger partial charge in [-0.1, -0.05) is 160 Å². The van der Waals surface area contributed by atoms with E-state index in [2.05, 4.69) is 109 Å². The molecule has 3 heterocycles. The summed E-state index contributed by atoms with van der Waals surface area (Å²) in [6.07, 6.45) is 14.1. The number of fused-ring (bicyclic) bond motifs is 3. The fourth-order valence-corrected chi connectivity index (χ4v) is 12.0. The number of nitrogens with zero attached hydrogens (tertiary/aromatic N) is 3. The molecule has 7 nitrogen and oxygen atoms in total. The molecule has 4 atom stereocenters. The molecule has 2 saturated heterocycles. The summed E-state index contributed by atoms with van der Waals surface area (Å²) in [6, 6.07) is 36.7. The van der Waals surface area contributed by atoms with Crippen LogP contribution in [0, 0.1) is 0 Å². The maximum atomic E-state index is 13.9. The molecule has 0 aromatic heterocycles. The Balaban J connectivity index is 1.02. The lowest BCUT2D eigenvalue weighted by Crippen LogP contribution is -2.45. The lowest BCUT2D eigenvalue weighted by Gasteiger charge is -2.27. The van der Waals surface area contributed by atoms with Crippen LogP contribution in [-0.4, -0.2) is 66.8 Å². The van der Waals surface area contributed by atoms with E-state index in [9.17, 15) is 19.5 Å². The van der Waals surface area contributed by atoms with Gasteiger partial charge in [-0.25, -0.2) is 0 Å². The molecular formula is C48H49N3O4S3. The van der Waals surface area contributed by atoms with Crippen LogP contribution >= 0.6 is 35.7 Å². The largest absolute Gasteiger partial charge is 0.480 e. The van der Waals surface area contributed by atoms with E-state index in [0.29, 0.717) is 27.7 Å². The molecule has 0 spiro atoms. The van der Waals surface area contributed by atoms with Gasteiger partial charge in [-0.15, -0.1) is 0 Å². The number of aliphatic carboxylic acids is 1. The van der Waals surface area contributed by atoms with Gasteiger partial charge < -0.3 is 14.9 Å². The van der Waals surface area contributed by atoms with Gasteiger partial charge in [0.25, 0.3) is 5.91 Å². The smallest absolute Gasteiger partial charge is 0.323 e. The van der Waals surface area contributed by atoms with Crippen LogP contribution in [0.15, 0.2) is 108 Å². The molecule has 4 aromatic carbocycles. The predicted octanol–water partition coefficient (Wildman–Crippen LogP) is 11.0. The van der Waals surface area contributed by atoms with Gasteiger partial charge in [-0.2, -0.15) is 0 Å². The van der Waals surface area contributed by atoms with Gasteiger partial charge in [-0.3, -0.25) is 19.3 Å². The van der Waals surface area contributed by atoms with Crippen molar-refractivity contribution >= 4 is 86.9 Å². The SMILES string of the molecule is CCCCCCCCN1C(=O)C(C2S/C(=C\c3ccc4c(c3)C3CCCC3N4c3ccc(C=C(c4ccccc4)c4ccccc4)cc3)C(=O)N2CC(=O)O)SC1=S. The van der Waals surface area contributed by atoms with Crippen molar-refractivity contribution in [3.05, 3.63) is 136 Å². The fourth-order valence-electron chi connectivity index (χ4n) is 8.95. The number of rotatable bonds is 15. The van der Waals surface area contributed by atoms with Crippen LogP contribution in [0.25, 0.3) is 17.7 Å². The molecule has 58 heavy (non-hydrogen) atoms. The first-order valence-electron chi connectivity index (χ1n) is 20.6. The molecule has 2 amide bonds. The van der Waals surface area contributed by atoms with Crippen molar-refractivity contribution in [3.8, 4) is 0 Å². The van der Waals surface area contributed by atoms with Crippen molar-refractivity contribution in [2.75, 3.05) is 18.0 Å². The van der Waals surface area contributed by atoms with Gasteiger partial charge in [0.2, 0.25) is 5.91 Å². The molecule has 1 N–H and O–H groups in total. The summed E-state index contributed by atoms with van der Waals surface area (Å²) in [6.45, 7) is 2.27. The number of carboxylic acids is 1. The number of benzene rings is 4. The number of unbranched alkanes of at least 4 members (excludes halogenated alkanes) is 5. The topological polar surface area (TPSA) is 81.2 Å². The highest BCUT2D eigenvalue weighted by molar-refractivity contribution is 8.25. The van der Waals surface area contributed by atoms with Gasteiger partial charge in [0, 0.05) is 29.9 Å². The summed E-state index contributed by atoms with van der Waals surface area (Å²) in [7, 11) is 0. The summed E-state index contributed by atoms with van der Waals surface area (Å²) in [5, 5.41) is 8.50. The average Bonchev–Trinajstić information content (AvgIpc) is 3.98. The second-order valence-corrected chi connectivity index (χ2v) is 18.5. The number of carbonyl (C=O) groups excluding carboxylic acids is 2. The monoisotopic (exact) mass is 827 g/mol. The second-order valence-electron chi connectivity index (χ2n) is 15.6. The molecule has 3 aliphatic heterocycles. The highest BCUT2D eigenvalue weighted by atomic mass is 32.2. The Hall–Kier alpha value is -4.64. The van der Waals surface area contributed by atoms with Gasteiger partial charge in [0.1, 0.15) is 21.5 Å². The van der Waals surface area contributed by atoms with E-state index in [1.165, 1.54) is 75.6 Å². The molecule has 4 unspecified atom stereocenters. The second kappa shape index (κ2) is 18.1. The van der Waals surface area contributed by atoms with E-state index in [0.717, 1.165) is 55.3 Å². The van der Waals surface area contributed by atoms with Gasteiger partial charge in [0.05, 0.1) is 4.91 Å². The molecule has 298 valence electrons. The number of thiocarbonyl (C=S) groups is 1. The molecule has 1 aliphatic carbocycles. The zero-order valence-corrected chi connectivity index (χ0v) is 35.2. The number of hydrogen-bond donors (Lipinski definition) is 1. The number of amides is 2. The number of thioether (sulfide) groups is 2. The first-order chi connectivity index (χ1) is 28.3. The third-order valence-electron chi connectivity index (χ3n) is 11.8. The van der Waals surface area contributed by atoms with Crippen molar-refractivity contribution < 1.29 is 19.5 Å². The first kappa shape index (κ1) is 40.2. The van der Waals surface area contributed by atoms with Crippen LogP contribution in [0.5, 0.6) is 0 Å². The van der Waals surface area contributed by atoms with E-state index in [1.54, 1.807) is 4.90 Å². The van der Waals surface area contributed by atoms with Crippen molar-refractivity contribution in [1.82, 2.24) is 9.80 Å². The number of anilines is 2. The summed E-state index contributed by atoms with van der Waals surface area (Å²) < 4.78 is 0.508. The lowest BCUT2D eigenvalue weighted by molar-refractivity contribution is -0.143. The third-order valence-corrected chi connectivity index (χ3v) is 14.9. The van der Waals surface area contributed by atoms with Crippen LogP contribution < -0.4 is 4.90 Å². The minimum Gasteiger partial charge on any atom is -0.480 e. The molecule has 4 aromatic rings. The van der Waals surface area contributed by atoms with E-state index in [4.69, 9.17) is 12.2 Å². The lowest BCUT2D eigenvalue weighted by atomic mass is 9.95. The maximum absolute atomic E-state index is 13.9.